The number of amides is 1. The van der Waals surface area contributed by atoms with Gasteiger partial charge in [-0.05, 0) is 51.0 Å². The van der Waals surface area contributed by atoms with Crippen molar-refractivity contribution in [1.82, 2.24) is 4.90 Å². The van der Waals surface area contributed by atoms with Crippen molar-refractivity contribution in [3.05, 3.63) is 70.8 Å². The molecule has 0 bridgehead atoms. The highest BCUT2D eigenvalue weighted by Crippen LogP contribution is 2.17. The summed E-state index contributed by atoms with van der Waals surface area (Å²) >= 11 is 0. The summed E-state index contributed by atoms with van der Waals surface area (Å²) in [6, 6.07) is 13.9. The predicted molar refractivity (Wildman–Crippen MR) is 125 cm³/mol. The minimum absolute atomic E-state index is 0.00837. The minimum Gasteiger partial charge on any atom is -0.372 e. The van der Waals surface area contributed by atoms with Crippen LogP contribution in [0, 0.1) is 0 Å². The summed E-state index contributed by atoms with van der Waals surface area (Å²) in [4.78, 5) is 27.5. The highest BCUT2D eigenvalue weighted by Gasteiger charge is 2.26. The molecule has 7 heteroatoms. The van der Waals surface area contributed by atoms with Crippen molar-refractivity contribution in [2.45, 2.75) is 57.3 Å². The average molecular weight is 458 g/mol. The van der Waals surface area contributed by atoms with Crippen LogP contribution in [-0.2, 0) is 26.7 Å². The highest BCUT2D eigenvalue weighted by molar-refractivity contribution is 7.91. The van der Waals surface area contributed by atoms with Gasteiger partial charge in [0.2, 0.25) is 0 Å². The number of benzene rings is 2. The molecule has 2 aromatic rings. The van der Waals surface area contributed by atoms with Crippen molar-refractivity contribution in [2.24, 2.45) is 0 Å². The van der Waals surface area contributed by atoms with E-state index in [0.29, 0.717) is 29.8 Å². The molecule has 1 aliphatic heterocycles. The van der Waals surface area contributed by atoms with Gasteiger partial charge in [0.15, 0.2) is 15.6 Å². The second-order valence-corrected chi connectivity index (χ2v) is 11.4. The fraction of sp³-hybridized carbons (Fsp3) is 0.440. The van der Waals surface area contributed by atoms with Crippen LogP contribution in [0.1, 0.15) is 59.5 Å². The second kappa shape index (κ2) is 9.96. The Morgan fingerprint density at radius 3 is 2.19 bits per heavy atom. The zero-order valence-corrected chi connectivity index (χ0v) is 19.9. The monoisotopic (exact) mass is 457 g/mol. The number of ether oxygens (including phenoxy) is 1. The van der Waals surface area contributed by atoms with E-state index in [2.05, 4.69) is 0 Å². The molecule has 0 aromatic heterocycles. The van der Waals surface area contributed by atoms with Gasteiger partial charge in [0.1, 0.15) is 0 Å². The summed E-state index contributed by atoms with van der Waals surface area (Å²) in [5, 5.41) is -0.442. The van der Waals surface area contributed by atoms with E-state index < -0.39 is 15.1 Å². The summed E-state index contributed by atoms with van der Waals surface area (Å²) in [5.74, 6) is -0.180. The molecule has 32 heavy (non-hydrogen) atoms. The third kappa shape index (κ3) is 6.04. The molecule has 6 nitrogen and oxygen atoms in total. The fourth-order valence-electron chi connectivity index (χ4n) is 3.81. The molecule has 1 aliphatic rings. The minimum atomic E-state index is -3.19. The number of rotatable bonds is 7. The van der Waals surface area contributed by atoms with Crippen molar-refractivity contribution in [3.8, 4) is 0 Å². The van der Waals surface area contributed by atoms with Gasteiger partial charge in [0.25, 0.3) is 5.91 Å². The SMILES string of the molecule is CC(C)S(=O)(=O)Cc1ccc(C(=O)Cc2cccc(C(=O)N3C[C@@H](C)O[C@@H](C)C3)c2)cc1. The number of sulfone groups is 1. The van der Waals surface area contributed by atoms with E-state index in [-0.39, 0.29) is 36.1 Å². The van der Waals surface area contributed by atoms with Crippen LogP contribution in [0.4, 0.5) is 0 Å². The van der Waals surface area contributed by atoms with Crippen LogP contribution < -0.4 is 0 Å². The molecule has 0 spiro atoms. The Morgan fingerprint density at radius 1 is 0.969 bits per heavy atom. The Morgan fingerprint density at radius 2 is 1.59 bits per heavy atom. The molecule has 1 amide bonds. The van der Waals surface area contributed by atoms with Gasteiger partial charge in [0, 0.05) is 30.6 Å². The first kappa shape index (κ1) is 24.1. The lowest BCUT2D eigenvalue weighted by Gasteiger charge is -2.35. The maximum atomic E-state index is 12.9. The maximum absolute atomic E-state index is 12.9. The van der Waals surface area contributed by atoms with Crippen molar-refractivity contribution in [1.29, 1.82) is 0 Å². The number of morpholine rings is 1. The number of ketones is 1. The Hall–Kier alpha value is -2.51. The number of hydrogen-bond donors (Lipinski definition) is 0. The standard InChI is InChI=1S/C25H31NO5S/c1-17(2)32(29,30)16-20-8-10-22(11-9-20)24(27)13-21-6-5-7-23(12-21)25(28)26-14-18(3)31-19(4)15-26/h5-12,17-19H,13-16H2,1-4H3/t18-,19+. The Balaban J connectivity index is 1.67. The van der Waals surface area contributed by atoms with Crippen LogP contribution >= 0.6 is 0 Å². The third-order valence-electron chi connectivity index (χ3n) is 5.61. The molecule has 0 saturated carbocycles. The maximum Gasteiger partial charge on any atom is 0.254 e. The molecule has 172 valence electrons. The molecule has 0 unspecified atom stereocenters. The second-order valence-electron chi connectivity index (χ2n) is 8.82. The van der Waals surface area contributed by atoms with Crippen LogP contribution in [0.15, 0.2) is 48.5 Å². The summed E-state index contributed by atoms with van der Waals surface area (Å²) in [7, 11) is -3.19. The van der Waals surface area contributed by atoms with E-state index in [9.17, 15) is 18.0 Å². The van der Waals surface area contributed by atoms with E-state index in [1.807, 2.05) is 19.9 Å². The van der Waals surface area contributed by atoms with Gasteiger partial charge in [-0.15, -0.1) is 0 Å². The van der Waals surface area contributed by atoms with Crippen molar-refractivity contribution >= 4 is 21.5 Å². The molecule has 1 heterocycles. The fourth-order valence-corrected chi connectivity index (χ4v) is 4.80. The first-order chi connectivity index (χ1) is 15.0. The number of nitrogens with zero attached hydrogens (tertiary/aromatic N) is 1. The Labute approximate surface area is 190 Å². The highest BCUT2D eigenvalue weighted by atomic mass is 32.2. The Bertz CT molecular complexity index is 1070. The lowest BCUT2D eigenvalue weighted by Crippen LogP contribution is -2.48. The van der Waals surface area contributed by atoms with Crippen LogP contribution in [0.2, 0.25) is 0 Å². The van der Waals surface area contributed by atoms with Crippen LogP contribution in [0.5, 0.6) is 0 Å². The van der Waals surface area contributed by atoms with E-state index in [1.165, 1.54) is 0 Å². The largest absolute Gasteiger partial charge is 0.372 e. The third-order valence-corrected chi connectivity index (χ3v) is 7.78. The van der Waals surface area contributed by atoms with Gasteiger partial charge in [-0.1, -0.05) is 36.4 Å². The summed E-state index contributed by atoms with van der Waals surface area (Å²) < 4.78 is 29.9. The van der Waals surface area contributed by atoms with Crippen molar-refractivity contribution < 1.29 is 22.7 Å². The number of hydrogen-bond acceptors (Lipinski definition) is 5. The quantitative estimate of drug-likeness (QED) is 0.593. The molecular formula is C25H31NO5S. The Kier molecular flexibility index (Phi) is 7.51. The summed E-state index contributed by atoms with van der Waals surface area (Å²) in [5.41, 5.74) is 2.51. The summed E-state index contributed by atoms with van der Waals surface area (Å²) in [6.07, 6.45) is 0.151. The zero-order valence-electron chi connectivity index (χ0n) is 19.1. The summed E-state index contributed by atoms with van der Waals surface area (Å²) in [6.45, 7) is 8.32. The molecule has 3 rings (SSSR count). The lowest BCUT2D eigenvalue weighted by atomic mass is 10.00. The molecule has 0 N–H and O–H groups in total. The number of carbonyl (C=O) groups excluding carboxylic acids is 2. The van der Waals surface area contributed by atoms with Crippen molar-refractivity contribution in [3.63, 3.8) is 0 Å². The van der Waals surface area contributed by atoms with Crippen LogP contribution in [0.3, 0.4) is 0 Å². The molecule has 1 fully saturated rings. The smallest absolute Gasteiger partial charge is 0.254 e. The molecular weight excluding hydrogens is 426 g/mol. The van der Waals surface area contributed by atoms with Gasteiger partial charge in [0.05, 0.1) is 23.2 Å². The van der Waals surface area contributed by atoms with Gasteiger partial charge in [-0.25, -0.2) is 8.42 Å². The lowest BCUT2D eigenvalue weighted by molar-refractivity contribution is -0.0586. The molecule has 2 aromatic carbocycles. The van der Waals surface area contributed by atoms with Gasteiger partial charge >= 0.3 is 0 Å². The average Bonchev–Trinajstić information content (AvgIpc) is 2.72. The van der Waals surface area contributed by atoms with Gasteiger partial charge in [-0.2, -0.15) is 0 Å². The zero-order chi connectivity index (χ0) is 23.5. The van der Waals surface area contributed by atoms with E-state index in [4.69, 9.17) is 4.74 Å². The topological polar surface area (TPSA) is 80.8 Å². The first-order valence-electron chi connectivity index (χ1n) is 10.9. The van der Waals surface area contributed by atoms with Gasteiger partial charge < -0.3 is 9.64 Å². The molecule has 2 atom stereocenters. The van der Waals surface area contributed by atoms with Crippen LogP contribution in [0.25, 0.3) is 0 Å². The molecule has 1 saturated heterocycles. The molecule has 0 aliphatic carbocycles. The number of Topliss-reactive ketones (excluding diaryl/α,β-unsaturated/α-hetero) is 1. The van der Waals surface area contributed by atoms with E-state index in [1.54, 1.807) is 61.2 Å². The molecule has 0 radical (unpaired) electrons. The van der Waals surface area contributed by atoms with Gasteiger partial charge in [-0.3, -0.25) is 9.59 Å². The predicted octanol–water partition coefficient (Wildman–Crippen LogP) is 3.68. The van der Waals surface area contributed by atoms with E-state index >= 15 is 0 Å². The normalized spacial score (nSPS) is 19.2. The van der Waals surface area contributed by atoms with Crippen LogP contribution in [-0.4, -0.2) is 55.6 Å². The van der Waals surface area contributed by atoms with Crippen molar-refractivity contribution in [2.75, 3.05) is 13.1 Å². The first-order valence-corrected chi connectivity index (χ1v) is 12.6. The van der Waals surface area contributed by atoms with E-state index in [0.717, 1.165) is 5.56 Å². The number of carbonyl (C=O) groups is 2.